The van der Waals surface area contributed by atoms with Crippen molar-refractivity contribution in [1.29, 1.82) is 0 Å². The van der Waals surface area contributed by atoms with Gasteiger partial charge >= 0.3 is 0 Å². The summed E-state index contributed by atoms with van der Waals surface area (Å²) in [6.45, 7) is 6.50. The van der Waals surface area contributed by atoms with Crippen LogP contribution in [0.4, 0.5) is 0 Å². The second-order valence-corrected chi connectivity index (χ2v) is 6.13. The molecular formula is C12H17Br2N3. The minimum atomic E-state index is 0.673. The van der Waals surface area contributed by atoms with Crippen molar-refractivity contribution in [2.45, 2.75) is 25.9 Å². The Balaban J connectivity index is 2.05. The van der Waals surface area contributed by atoms with Gasteiger partial charge in [-0.3, -0.25) is 9.88 Å². The Bertz CT molecular complexity index is 380. The fourth-order valence-corrected chi connectivity index (χ4v) is 3.07. The van der Waals surface area contributed by atoms with E-state index < -0.39 is 0 Å². The number of hydrogen-bond acceptors (Lipinski definition) is 3. The number of nitrogens with zero attached hydrogens (tertiary/aromatic N) is 2. The fraction of sp³-hybridized carbons (Fsp3) is 0.583. The molecule has 2 rings (SSSR count). The Morgan fingerprint density at radius 1 is 1.47 bits per heavy atom. The van der Waals surface area contributed by atoms with Crippen LogP contribution in [0.25, 0.3) is 0 Å². The summed E-state index contributed by atoms with van der Waals surface area (Å²) in [7, 11) is 0. The summed E-state index contributed by atoms with van der Waals surface area (Å²) >= 11 is 7.01. The quantitative estimate of drug-likeness (QED) is 0.872. The second kappa shape index (κ2) is 6.27. The van der Waals surface area contributed by atoms with Gasteiger partial charge in [-0.15, -0.1) is 0 Å². The second-order valence-electron chi connectivity index (χ2n) is 4.36. The Kier molecular flexibility index (Phi) is 4.97. The molecule has 1 saturated heterocycles. The van der Waals surface area contributed by atoms with Crippen LogP contribution in [0.3, 0.4) is 0 Å². The lowest BCUT2D eigenvalue weighted by molar-refractivity contribution is 0.136. The minimum absolute atomic E-state index is 0.673. The summed E-state index contributed by atoms with van der Waals surface area (Å²) in [6, 6.07) is 2.73. The number of aromatic nitrogens is 1. The Hall–Kier alpha value is 0.0300. The van der Waals surface area contributed by atoms with Crippen LogP contribution in [0.15, 0.2) is 21.2 Å². The largest absolute Gasteiger partial charge is 0.314 e. The highest BCUT2D eigenvalue weighted by atomic mass is 79.9. The van der Waals surface area contributed by atoms with Crippen LogP contribution in [-0.4, -0.2) is 35.6 Å². The number of nitrogens with one attached hydrogen (secondary N) is 1. The molecule has 94 valence electrons. The van der Waals surface area contributed by atoms with E-state index in [2.05, 4.69) is 60.1 Å². The molecule has 0 unspecified atom stereocenters. The van der Waals surface area contributed by atoms with Crippen LogP contribution in [0.2, 0.25) is 0 Å². The Morgan fingerprint density at radius 3 is 2.76 bits per heavy atom. The molecule has 5 heteroatoms. The molecule has 0 aromatic carbocycles. The van der Waals surface area contributed by atoms with Crippen LogP contribution < -0.4 is 5.32 Å². The average Bonchev–Trinajstić information content (AvgIpc) is 2.20. The topological polar surface area (TPSA) is 28.2 Å². The molecule has 1 aliphatic rings. The van der Waals surface area contributed by atoms with E-state index in [9.17, 15) is 0 Å². The van der Waals surface area contributed by atoms with Crippen molar-refractivity contribution in [1.82, 2.24) is 15.2 Å². The molecule has 1 aromatic rings. The standard InChI is InChI=1S/C12H17Br2N3/c1-2-3-17(10-6-15-7-10)8-12-11(14)4-9(13)5-16-12/h4-5,10,15H,2-3,6-8H2,1H3. The van der Waals surface area contributed by atoms with Gasteiger partial charge in [0.05, 0.1) is 5.69 Å². The van der Waals surface area contributed by atoms with Gasteiger partial charge in [0, 0.05) is 40.8 Å². The third kappa shape index (κ3) is 3.50. The van der Waals surface area contributed by atoms with Gasteiger partial charge in [-0.25, -0.2) is 0 Å². The maximum Gasteiger partial charge on any atom is 0.0686 e. The van der Waals surface area contributed by atoms with E-state index in [1.807, 2.05) is 6.20 Å². The predicted molar refractivity (Wildman–Crippen MR) is 77.0 cm³/mol. The monoisotopic (exact) mass is 361 g/mol. The van der Waals surface area contributed by atoms with E-state index >= 15 is 0 Å². The highest BCUT2D eigenvalue weighted by Gasteiger charge is 2.24. The lowest BCUT2D eigenvalue weighted by atomic mass is 10.1. The zero-order chi connectivity index (χ0) is 12.3. The van der Waals surface area contributed by atoms with Crippen molar-refractivity contribution >= 4 is 31.9 Å². The molecule has 0 bridgehead atoms. The molecule has 0 saturated carbocycles. The van der Waals surface area contributed by atoms with Crippen molar-refractivity contribution in [2.75, 3.05) is 19.6 Å². The summed E-state index contributed by atoms with van der Waals surface area (Å²) < 4.78 is 2.10. The number of rotatable bonds is 5. The summed E-state index contributed by atoms with van der Waals surface area (Å²) in [5.74, 6) is 0. The van der Waals surface area contributed by atoms with E-state index in [4.69, 9.17) is 0 Å². The maximum absolute atomic E-state index is 4.48. The van der Waals surface area contributed by atoms with Crippen LogP contribution in [0.1, 0.15) is 19.0 Å². The molecule has 1 aromatic heterocycles. The van der Waals surface area contributed by atoms with Crippen molar-refractivity contribution < 1.29 is 0 Å². The van der Waals surface area contributed by atoms with Crippen molar-refractivity contribution in [3.8, 4) is 0 Å². The fourth-order valence-electron chi connectivity index (χ4n) is 1.96. The first-order valence-corrected chi connectivity index (χ1v) is 7.54. The smallest absolute Gasteiger partial charge is 0.0686 e. The van der Waals surface area contributed by atoms with Crippen LogP contribution in [0.5, 0.6) is 0 Å². The van der Waals surface area contributed by atoms with Crippen LogP contribution in [-0.2, 0) is 6.54 Å². The van der Waals surface area contributed by atoms with E-state index in [0.29, 0.717) is 6.04 Å². The molecule has 1 fully saturated rings. The van der Waals surface area contributed by atoms with E-state index in [0.717, 1.165) is 40.8 Å². The van der Waals surface area contributed by atoms with E-state index in [1.165, 1.54) is 6.42 Å². The molecular weight excluding hydrogens is 346 g/mol. The first-order valence-electron chi connectivity index (χ1n) is 5.95. The lowest BCUT2D eigenvalue weighted by Crippen LogP contribution is -2.57. The van der Waals surface area contributed by atoms with Gasteiger partial charge in [0.25, 0.3) is 0 Å². The van der Waals surface area contributed by atoms with Gasteiger partial charge in [-0.2, -0.15) is 0 Å². The van der Waals surface area contributed by atoms with Gasteiger partial charge < -0.3 is 5.32 Å². The molecule has 17 heavy (non-hydrogen) atoms. The highest BCUT2D eigenvalue weighted by Crippen LogP contribution is 2.22. The normalized spacial score (nSPS) is 16.2. The first kappa shape index (κ1) is 13.5. The molecule has 0 spiro atoms. The predicted octanol–water partition coefficient (Wildman–Crippen LogP) is 2.79. The van der Waals surface area contributed by atoms with E-state index in [1.54, 1.807) is 0 Å². The highest BCUT2D eigenvalue weighted by molar-refractivity contribution is 9.11. The first-order chi connectivity index (χ1) is 8.20. The van der Waals surface area contributed by atoms with Crippen molar-refractivity contribution in [3.05, 3.63) is 26.9 Å². The Labute approximate surface area is 119 Å². The van der Waals surface area contributed by atoms with Gasteiger partial charge in [-0.05, 0) is 50.9 Å². The SMILES string of the molecule is CCCN(Cc1ncc(Br)cc1Br)C1CNC1. The molecule has 3 nitrogen and oxygen atoms in total. The third-order valence-electron chi connectivity index (χ3n) is 3.02. The summed E-state index contributed by atoms with van der Waals surface area (Å²) in [6.07, 6.45) is 3.05. The molecule has 0 aliphatic carbocycles. The van der Waals surface area contributed by atoms with Crippen LogP contribution in [0, 0.1) is 0 Å². The number of halogens is 2. The zero-order valence-electron chi connectivity index (χ0n) is 9.92. The number of hydrogen-bond donors (Lipinski definition) is 1. The minimum Gasteiger partial charge on any atom is -0.314 e. The molecule has 0 amide bonds. The van der Waals surface area contributed by atoms with Crippen molar-refractivity contribution in [2.24, 2.45) is 0 Å². The van der Waals surface area contributed by atoms with Crippen LogP contribution >= 0.6 is 31.9 Å². The molecule has 2 heterocycles. The lowest BCUT2D eigenvalue weighted by Gasteiger charge is -2.38. The molecule has 0 atom stereocenters. The molecule has 0 radical (unpaired) electrons. The van der Waals surface area contributed by atoms with Gasteiger partial charge in [-0.1, -0.05) is 6.92 Å². The average molecular weight is 363 g/mol. The summed E-state index contributed by atoms with van der Waals surface area (Å²) in [5, 5.41) is 3.33. The van der Waals surface area contributed by atoms with Gasteiger partial charge in [0.1, 0.15) is 0 Å². The van der Waals surface area contributed by atoms with E-state index in [-0.39, 0.29) is 0 Å². The van der Waals surface area contributed by atoms with Gasteiger partial charge in [0.15, 0.2) is 0 Å². The number of pyridine rings is 1. The molecule has 1 aliphatic heterocycles. The Morgan fingerprint density at radius 2 is 2.24 bits per heavy atom. The maximum atomic E-state index is 4.48. The zero-order valence-corrected chi connectivity index (χ0v) is 13.1. The molecule has 1 N–H and O–H groups in total. The van der Waals surface area contributed by atoms with Gasteiger partial charge in [0.2, 0.25) is 0 Å². The summed E-state index contributed by atoms with van der Waals surface area (Å²) in [5.41, 5.74) is 1.12. The summed E-state index contributed by atoms with van der Waals surface area (Å²) in [4.78, 5) is 7.00. The third-order valence-corrected chi connectivity index (χ3v) is 4.14. The van der Waals surface area contributed by atoms with Crippen molar-refractivity contribution in [3.63, 3.8) is 0 Å².